The summed E-state index contributed by atoms with van der Waals surface area (Å²) < 4.78 is 5.25. The van der Waals surface area contributed by atoms with Crippen LogP contribution in [0.1, 0.15) is 50.6 Å². The van der Waals surface area contributed by atoms with E-state index in [1.165, 1.54) is 0 Å². The number of unbranched alkanes of at least 4 members (excludes halogenated alkanes) is 1. The van der Waals surface area contributed by atoms with E-state index in [9.17, 15) is 9.59 Å². The van der Waals surface area contributed by atoms with Gasteiger partial charge in [0.1, 0.15) is 5.75 Å². The van der Waals surface area contributed by atoms with Gasteiger partial charge in [-0.05, 0) is 43.5 Å². The van der Waals surface area contributed by atoms with Crippen molar-refractivity contribution in [2.45, 2.75) is 51.1 Å². The zero-order valence-electron chi connectivity index (χ0n) is 16.8. The highest BCUT2D eigenvalue weighted by Crippen LogP contribution is 2.39. The highest BCUT2D eigenvalue weighted by Gasteiger charge is 2.44. The van der Waals surface area contributed by atoms with Crippen molar-refractivity contribution in [2.75, 3.05) is 26.7 Å². The molecule has 2 heterocycles. The van der Waals surface area contributed by atoms with E-state index < -0.39 is 0 Å². The van der Waals surface area contributed by atoms with Crippen LogP contribution in [0.2, 0.25) is 0 Å². The molecule has 3 unspecified atom stereocenters. The smallest absolute Gasteiger partial charge is 0.226 e. The first-order valence-electron chi connectivity index (χ1n) is 10.1. The van der Waals surface area contributed by atoms with Gasteiger partial charge in [0.2, 0.25) is 11.8 Å². The minimum absolute atomic E-state index is 0. The number of methoxy groups -OCH3 is 1. The molecule has 2 aliphatic rings. The fourth-order valence-electron chi connectivity index (χ4n) is 4.12. The summed E-state index contributed by atoms with van der Waals surface area (Å²) in [5.41, 5.74) is 0.997. The van der Waals surface area contributed by atoms with Crippen molar-refractivity contribution in [3.05, 3.63) is 29.8 Å². The maximum Gasteiger partial charge on any atom is 0.226 e. The molecule has 0 radical (unpaired) electrons. The van der Waals surface area contributed by atoms with Gasteiger partial charge in [0.05, 0.1) is 19.1 Å². The molecular formula is C21H32ClN3O3. The molecule has 3 atom stereocenters. The lowest BCUT2D eigenvalue weighted by atomic mass is 9.92. The van der Waals surface area contributed by atoms with Crippen LogP contribution < -0.4 is 15.4 Å². The summed E-state index contributed by atoms with van der Waals surface area (Å²) in [6.07, 6.45) is 4.49. The van der Waals surface area contributed by atoms with Gasteiger partial charge in [-0.25, -0.2) is 0 Å². The van der Waals surface area contributed by atoms with Crippen LogP contribution in [-0.4, -0.2) is 49.5 Å². The Hall–Kier alpha value is -1.79. The van der Waals surface area contributed by atoms with E-state index in [4.69, 9.17) is 4.74 Å². The predicted octanol–water partition coefficient (Wildman–Crippen LogP) is 2.67. The number of nitrogens with one attached hydrogen (secondary N) is 2. The summed E-state index contributed by atoms with van der Waals surface area (Å²) in [6.45, 7) is 4.46. The second-order valence-corrected chi connectivity index (χ2v) is 7.51. The predicted molar refractivity (Wildman–Crippen MR) is 112 cm³/mol. The minimum atomic E-state index is -0.343. The molecule has 7 heteroatoms. The van der Waals surface area contributed by atoms with E-state index in [2.05, 4.69) is 17.6 Å². The maximum atomic E-state index is 12.9. The zero-order valence-corrected chi connectivity index (χ0v) is 17.6. The summed E-state index contributed by atoms with van der Waals surface area (Å²) in [4.78, 5) is 27.5. The Kier molecular flexibility index (Phi) is 8.58. The lowest BCUT2D eigenvalue weighted by Gasteiger charge is -2.28. The Balaban J connectivity index is 0.00000280. The Morgan fingerprint density at radius 2 is 2.07 bits per heavy atom. The Bertz CT molecular complexity index is 647. The van der Waals surface area contributed by atoms with Crippen LogP contribution in [-0.2, 0) is 9.59 Å². The molecule has 6 nitrogen and oxygen atoms in total. The number of nitrogens with zero attached hydrogens (tertiary/aromatic N) is 1. The zero-order chi connectivity index (χ0) is 19.2. The molecule has 2 fully saturated rings. The van der Waals surface area contributed by atoms with Crippen LogP contribution in [0, 0.1) is 5.92 Å². The molecule has 0 spiro atoms. The first kappa shape index (κ1) is 22.5. The van der Waals surface area contributed by atoms with E-state index in [0.717, 1.165) is 43.5 Å². The van der Waals surface area contributed by atoms with Crippen molar-refractivity contribution in [3.63, 3.8) is 0 Å². The van der Waals surface area contributed by atoms with E-state index >= 15 is 0 Å². The van der Waals surface area contributed by atoms with Crippen molar-refractivity contribution < 1.29 is 14.3 Å². The highest BCUT2D eigenvalue weighted by molar-refractivity contribution is 5.90. The molecule has 2 amide bonds. The summed E-state index contributed by atoms with van der Waals surface area (Å²) in [7, 11) is 1.63. The molecule has 0 aromatic heterocycles. The first-order chi connectivity index (χ1) is 13.1. The van der Waals surface area contributed by atoms with Crippen molar-refractivity contribution in [1.29, 1.82) is 0 Å². The van der Waals surface area contributed by atoms with Crippen molar-refractivity contribution in [2.24, 2.45) is 5.92 Å². The van der Waals surface area contributed by atoms with E-state index in [0.29, 0.717) is 19.1 Å². The summed E-state index contributed by atoms with van der Waals surface area (Å²) in [6, 6.07) is 7.88. The van der Waals surface area contributed by atoms with Gasteiger partial charge in [-0.3, -0.25) is 9.59 Å². The lowest BCUT2D eigenvalue weighted by Crippen LogP contribution is -2.41. The third-order valence-corrected chi connectivity index (χ3v) is 5.66. The number of carbonyl (C=O) groups is 2. The number of amides is 2. The van der Waals surface area contributed by atoms with Crippen LogP contribution in [0.25, 0.3) is 0 Å². The van der Waals surface area contributed by atoms with Crippen LogP contribution in [0.3, 0.4) is 0 Å². The number of hydrogen-bond donors (Lipinski definition) is 2. The average molecular weight is 410 g/mol. The fourth-order valence-corrected chi connectivity index (χ4v) is 4.12. The topological polar surface area (TPSA) is 70.7 Å². The average Bonchev–Trinajstić information content (AvgIpc) is 3.32. The molecule has 3 rings (SSSR count). The summed E-state index contributed by atoms with van der Waals surface area (Å²) in [5, 5.41) is 6.48. The van der Waals surface area contributed by atoms with Gasteiger partial charge >= 0.3 is 0 Å². The lowest BCUT2D eigenvalue weighted by molar-refractivity contribution is -0.129. The number of likely N-dealkylation sites (tertiary alicyclic amines) is 1. The molecule has 0 saturated carbocycles. The molecule has 0 aliphatic carbocycles. The number of hydrogen-bond acceptors (Lipinski definition) is 4. The maximum absolute atomic E-state index is 12.9. The molecular weight excluding hydrogens is 378 g/mol. The number of ether oxygens (including phenoxy) is 1. The van der Waals surface area contributed by atoms with E-state index in [-0.39, 0.29) is 42.6 Å². The fraction of sp³-hybridized carbons (Fsp3) is 0.619. The van der Waals surface area contributed by atoms with Crippen LogP contribution >= 0.6 is 12.4 Å². The highest BCUT2D eigenvalue weighted by atomic mass is 35.5. The van der Waals surface area contributed by atoms with Gasteiger partial charge in [0.15, 0.2) is 0 Å². The molecule has 2 saturated heterocycles. The SMILES string of the molecule is CCCCN1C(=O)CC(C(=O)NCC2CCCN2)C1c1ccc(OC)cc1.Cl. The number of carbonyl (C=O) groups excluding carboxylic acids is 2. The van der Waals surface area contributed by atoms with Crippen molar-refractivity contribution in [1.82, 2.24) is 15.5 Å². The molecule has 1 aromatic rings. The quantitative estimate of drug-likeness (QED) is 0.692. The van der Waals surface area contributed by atoms with Gasteiger partial charge in [0, 0.05) is 25.6 Å². The molecule has 2 aliphatic heterocycles. The Morgan fingerprint density at radius 3 is 2.68 bits per heavy atom. The monoisotopic (exact) mass is 409 g/mol. The number of benzene rings is 1. The number of halogens is 1. The normalized spacial score (nSPS) is 24.1. The Morgan fingerprint density at radius 1 is 1.32 bits per heavy atom. The van der Waals surface area contributed by atoms with Gasteiger partial charge in [0.25, 0.3) is 0 Å². The summed E-state index contributed by atoms with van der Waals surface area (Å²) >= 11 is 0. The van der Waals surface area contributed by atoms with Gasteiger partial charge < -0.3 is 20.3 Å². The molecule has 2 N–H and O–H groups in total. The largest absolute Gasteiger partial charge is 0.497 e. The van der Waals surface area contributed by atoms with Crippen LogP contribution in [0.4, 0.5) is 0 Å². The minimum Gasteiger partial charge on any atom is -0.497 e. The third-order valence-electron chi connectivity index (χ3n) is 5.66. The van der Waals surface area contributed by atoms with Crippen LogP contribution in [0.15, 0.2) is 24.3 Å². The summed E-state index contributed by atoms with van der Waals surface area (Å²) in [5.74, 6) is 0.487. The van der Waals surface area contributed by atoms with Gasteiger partial charge in [-0.1, -0.05) is 25.5 Å². The second kappa shape index (κ2) is 10.7. The van der Waals surface area contributed by atoms with Crippen molar-refractivity contribution in [3.8, 4) is 5.75 Å². The van der Waals surface area contributed by atoms with E-state index in [1.54, 1.807) is 7.11 Å². The van der Waals surface area contributed by atoms with Gasteiger partial charge in [-0.15, -0.1) is 12.4 Å². The third kappa shape index (κ3) is 5.17. The standard InChI is InChI=1S/C21H31N3O3.ClH/c1-3-4-12-24-19(25)13-18(21(26)23-14-16-6-5-11-22-16)20(24)15-7-9-17(27-2)10-8-15;/h7-10,16,18,20,22H,3-6,11-14H2,1-2H3,(H,23,26);1H. The number of rotatable bonds is 8. The second-order valence-electron chi connectivity index (χ2n) is 7.51. The van der Waals surface area contributed by atoms with Crippen molar-refractivity contribution >= 4 is 24.2 Å². The first-order valence-corrected chi connectivity index (χ1v) is 10.1. The molecule has 1 aromatic carbocycles. The van der Waals surface area contributed by atoms with Gasteiger partial charge in [-0.2, -0.15) is 0 Å². The molecule has 156 valence electrons. The molecule has 28 heavy (non-hydrogen) atoms. The molecule has 0 bridgehead atoms. The Labute approximate surface area is 173 Å². The van der Waals surface area contributed by atoms with E-state index in [1.807, 2.05) is 29.2 Å². The van der Waals surface area contributed by atoms with Crippen LogP contribution in [0.5, 0.6) is 5.75 Å².